The van der Waals surface area contributed by atoms with Crippen LogP contribution in [0.5, 0.6) is 34.5 Å². The van der Waals surface area contributed by atoms with Crippen LogP contribution in [0.4, 0.5) is 0 Å². The van der Waals surface area contributed by atoms with Crippen LogP contribution in [-0.4, -0.2) is 57.6 Å². The highest BCUT2D eigenvalue weighted by atomic mass is 32.2. The Labute approximate surface area is 276 Å². The van der Waals surface area contributed by atoms with Gasteiger partial charge >= 0.3 is 0 Å². The summed E-state index contributed by atoms with van der Waals surface area (Å²) in [6, 6.07) is 17.2. The average Bonchev–Trinajstić information content (AvgIpc) is 3.07. The van der Waals surface area contributed by atoms with Crippen LogP contribution < -0.4 is 28.4 Å². The minimum Gasteiger partial charge on any atom is -0.493 e. The Morgan fingerprint density at radius 1 is 0.400 bits per heavy atom. The van der Waals surface area contributed by atoms with Gasteiger partial charge in [-0.2, -0.15) is 15.0 Å². The Kier molecular flexibility index (Phi) is 12.9. The van der Waals surface area contributed by atoms with Crippen molar-refractivity contribution in [2.45, 2.75) is 15.5 Å². The Hall–Kier alpha value is -4.26. The molecule has 12 heteroatoms. The molecular weight excluding hydrogens is 631 g/mol. The lowest BCUT2D eigenvalue weighted by atomic mass is 10.2. The van der Waals surface area contributed by atoms with Gasteiger partial charge in [-0.25, -0.2) is 0 Å². The predicted molar refractivity (Wildman–Crippen MR) is 183 cm³/mol. The lowest BCUT2D eigenvalue weighted by Gasteiger charge is -2.08. The summed E-state index contributed by atoms with van der Waals surface area (Å²) in [6.45, 7) is 0. The van der Waals surface area contributed by atoms with E-state index >= 15 is 0 Å². The van der Waals surface area contributed by atoms with Gasteiger partial charge in [0.2, 0.25) is 0 Å². The number of benzene rings is 3. The van der Waals surface area contributed by atoms with Crippen molar-refractivity contribution in [3.05, 3.63) is 87.5 Å². The number of ether oxygens (including phenoxy) is 6. The third-order valence-corrected chi connectivity index (χ3v) is 8.10. The summed E-state index contributed by atoms with van der Waals surface area (Å²) < 4.78 is 32.3. The van der Waals surface area contributed by atoms with Crippen molar-refractivity contribution < 1.29 is 28.4 Å². The fourth-order valence-electron chi connectivity index (χ4n) is 3.87. The topological polar surface area (TPSA) is 94.1 Å². The van der Waals surface area contributed by atoms with Crippen molar-refractivity contribution in [1.29, 1.82) is 0 Å². The summed E-state index contributed by atoms with van der Waals surface area (Å²) >= 11 is 4.18. The first-order chi connectivity index (χ1) is 22.0. The van der Waals surface area contributed by atoms with E-state index in [0.717, 1.165) is 16.7 Å². The number of thioether (sulfide) groups is 3. The quantitative estimate of drug-likeness (QED) is 0.115. The molecule has 0 spiro atoms. The molecule has 0 saturated carbocycles. The molecule has 1 heterocycles. The largest absolute Gasteiger partial charge is 0.493 e. The lowest BCUT2D eigenvalue weighted by Crippen LogP contribution is -1.95. The number of hydrogen-bond donors (Lipinski definition) is 0. The van der Waals surface area contributed by atoms with Crippen LogP contribution in [0.2, 0.25) is 0 Å². The maximum absolute atomic E-state index is 5.42. The summed E-state index contributed by atoms with van der Waals surface area (Å²) in [7, 11) is 9.68. The molecule has 0 aliphatic heterocycles. The molecule has 0 radical (unpaired) electrons. The summed E-state index contributed by atoms with van der Waals surface area (Å²) in [5.74, 6) is 3.99. The van der Waals surface area contributed by atoms with Gasteiger partial charge in [-0.05, 0) is 87.5 Å². The first-order valence-corrected chi connectivity index (χ1v) is 16.1. The molecule has 0 unspecified atom stereocenters. The van der Waals surface area contributed by atoms with Crippen LogP contribution in [0.3, 0.4) is 0 Å². The number of rotatable bonds is 15. The molecule has 0 saturated heterocycles. The van der Waals surface area contributed by atoms with Gasteiger partial charge in [0.1, 0.15) is 0 Å². The van der Waals surface area contributed by atoms with E-state index in [1.165, 1.54) is 35.3 Å². The van der Waals surface area contributed by atoms with E-state index in [0.29, 0.717) is 50.0 Å². The first-order valence-electron chi connectivity index (χ1n) is 13.4. The first kappa shape index (κ1) is 33.6. The van der Waals surface area contributed by atoms with Crippen molar-refractivity contribution in [3.8, 4) is 34.5 Å². The van der Waals surface area contributed by atoms with Crippen molar-refractivity contribution in [2.24, 2.45) is 0 Å². The van der Waals surface area contributed by atoms with Crippen LogP contribution >= 0.6 is 35.3 Å². The Bertz CT molecular complexity index is 1470. The number of aromatic nitrogens is 3. The smallest absolute Gasteiger partial charge is 0.196 e. The second-order valence-electron chi connectivity index (χ2n) is 8.79. The van der Waals surface area contributed by atoms with Gasteiger partial charge < -0.3 is 28.4 Å². The Balaban J connectivity index is 1.54. The van der Waals surface area contributed by atoms with Crippen LogP contribution in [-0.2, 0) is 0 Å². The molecular formula is C33H33N3O6S3. The van der Waals surface area contributed by atoms with E-state index in [1.807, 2.05) is 89.0 Å². The zero-order valence-corrected chi connectivity index (χ0v) is 28.1. The zero-order chi connectivity index (χ0) is 32.0. The van der Waals surface area contributed by atoms with E-state index < -0.39 is 0 Å². The third-order valence-electron chi connectivity index (χ3n) is 6.10. The van der Waals surface area contributed by atoms with E-state index in [-0.39, 0.29) is 0 Å². The molecule has 0 aliphatic rings. The standard InChI is InChI=1S/C33H33N3O6S3/c1-37-25-10-7-22(19-28(25)40-4)13-16-43-31-34-32(44-17-14-23-8-11-26(38-2)29(20-23)41-5)36-33(35-31)45-18-15-24-9-12-27(39-3)30(21-24)42-6/h7-21H,1-6H3/b16-13+,17-14+,18-15+. The number of hydrogen-bond acceptors (Lipinski definition) is 12. The van der Waals surface area contributed by atoms with Crippen molar-refractivity contribution in [3.63, 3.8) is 0 Å². The van der Waals surface area contributed by atoms with E-state index in [1.54, 1.807) is 42.7 Å². The molecule has 45 heavy (non-hydrogen) atoms. The van der Waals surface area contributed by atoms with Gasteiger partial charge in [-0.15, -0.1) is 0 Å². The summed E-state index contributed by atoms with van der Waals surface area (Å²) in [5.41, 5.74) is 2.86. The molecule has 4 aromatic rings. The number of nitrogens with zero attached hydrogens (tertiary/aromatic N) is 3. The fraction of sp³-hybridized carbons (Fsp3) is 0.182. The molecule has 0 fully saturated rings. The zero-order valence-electron chi connectivity index (χ0n) is 25.7. The lowest BCUT2D eigenvalue weighted by molar-refractivity contribution is 0.355. The predicted octanol–water partition coefficient (Wildman–Crippen LogP) is 8.21. The molecule has 9 nitrogen and oxygen atoms in total. The molecule has 1 aromatic heterocycles. The number of methoxy groups -OCH3 is 6. The van der Waals surface area contributed by atoms with Gasteiger partial charge in [0.25, 0.3) is 0 Å². The van der Waals surface area contributed by atoms with E-state index in [2.05, 4.69) is 15.0 Å². The van der Waals surface area contributed by atoms with Crippen molar-refractivity contribution >= 4 is 53.5 Å². The molecule has 234 valence electrons. The van der Waals surface area contributed by atoms with Crippen molar-refractivity contribution in [1.82, 2.24) is 15.0 Å². The molecule has 0 amide bonds. The van der Waals surface area contributed by atoms with E-state index in [9.17, 15) is 0 Å². The maximum atomic E-state index is 5.42. The van der Waals surface area contributed by atoms with Gasteiger partial charge in [0.15, 0.2) is 50.0 Å². The summed E-state index contributed by atoms with van der Waals surface area (Å²) in [6.07, 6.45) is 5.89. The van der Waals surface area contributed by atoms with Crippen LogP contribution in [0.15, 0.2) is 86.3 Å². The molecule has 3 aromatic carbocycles. The Morgan fingerprint density at radius 2 is 0.667 bits per heavy atom. The van der Waals surface area contributed by atoms with Crippen molar-refractivity contribution in [2.75, 3.05) is 42.7 Å². The molecule has 0 bridgehead atoms. The van der Waals surface area contributed by atoms with Crippen LogP contribution in [0.25, 0.3) is 18.2 Å². The van der Waals surface area contributed by atoms with Crippen LogP contribution in [0, 0.1) is 0 Å². The molecule has 0 N–H and O–H groups in total. The SMILES string of the molecule is COc1ccc(/C=C/Sc2nc(S/C=C/c3ccc(OC)c(OC)c3)nc(S/C=C/c3ccc(OC)c(OC)c3)n2)cc1OC. The second kappa shape index (κ2) is 17.3. The van der Waals surface area contributed by atoms with Crippen LogP contribution in [0.1, 0.15) is 16.7 Å². The van der Waals surface area contributed by atoms with E-state index in [4.69, 9.17) is 28.4 Å². The Morgan fingerprint density at radius 3 is 0.911 bits per heavy atom. The summed E-state index contributed by atoms with van der Waals surface area (Å²) in [4.78, 5) is 14.0. The van der Waals surface area contributed by atoms with Gasteiger partial charge in [-0.3, -0.25) is 0 Å². The highest BCUT2D eigenvalue weighted by Gasteiger charge is 2.09. The molecule has 4 rings (SSSR count). The monoisotopic (exact) mass is 663 g/mol. The normalized spacial score (nSPS) is 11.3. The molecule has 0 atom stereocenters. The summed E-state index contributed by atoms with van der Waals surface area (Å²) in [5, 5.41) is 7.47. The van der Waals surface area contributed by atoms with Gasteiger partial charge in [-0.1, -0.05) is 53.5 Å². The van der Waals surface area contributed by atoms with Gasteiger partial charge in [0, 0.05) is 0 Å². The highest BCUT2D eigenvalue weighted by molar-refractivity contribution is 8.03. The maximum Gasteiger partial charge on any atom is 0.196 e. The molecule has 0 aliphatic carbocycles. The minimum atomic E-state index is 0.561. The third kappa shape index (κ3) is 9.61. The fourth-order valence-corrected chi connectivity index (χ4v) is 5.92. The average molecular weight is 664 g/mol. The minimum absolute atomic E-state index is 0.561. The van der Waals surface area contributed by atoms with Gasteiger partial charge in [0.05, 0.1) is 42.7 Å². The second-order valence-corrected chi connectivity index (χ2v) is 11.4. The highest BCUT2D eigenvalue weighted by Crippen LogP contribution is 2.32.